The van der Waals surface area contributed by atoms with Gasteiger partial charge in [-0.1, -0.05) is 6.07 Å². The Balaban J connectivity index is 1.64. The normalized spacial score (nSPS) is 16.8. The molecule has 0 bridgehead atoms. The highest BCUT2D eigenvalue weighted by Gasteiger charge is 2.22. The lowest BCUT2D eigenvalue weighted by Gasteiger charge is -2.27. The second kappa shape index (κ2) is 11.5. The smallest absolute Gasteiger partial charge is 0.253 e. The average molecular weight is 511 g/mol. The monoisotopic (exact) mass is 510 g/mol. The largest absolute Gasteiger partial charge is 0.392 e. The van der Waals surface area contributed by atoms with Gasteiger partial charge in [0, 0.05) is 50.7 Å². The number of aryl methyl sites for hydroxylation is 2. The molecule has 1 aliphatic rings. The van der Waals surface area contributed by atoms with Gasteiger partial charge in [-0.05, 0) is 77.1 Å². The van der Waals surface area contributed by atoms with E-state index in [-0.39, 0.29) is 17.2 Å². The number of pyridine rings is 1. The molecule has 2 atom stereocenters. The molecule has 1 fully saturated rings. The maximum atomic E-state index is 12.3. The quantitative estimate of drug-likeness (QED) is 0.455. The van der Waals surface area contributed by atoms with Gasteiger partial charge in [0.15, 0.2) is 0 Å². The van der Waals surface area contributed by atoms with Crippen LogP contribution in [0, 0.1) is 12.8 Å². The van der Waals surface area contributed by atoms with Gasteiger partial charge in [-0.25, -0.2) is 4.98 Å². The van der Waals surface area contributed by atoms with Crippen LogP contribution in [0.3, 0.4) is 0 Å². The number of hydrogen-bond donors (Lipinski definition) is 2. The summed E-state index contributed by atoms with van der Waals surface area (Å²) in [6, 6.07) is 8.14. The summed E-state index contributed by atoms with van der Waals surface area (Å²) in [5.74, 6) is 1.40. The van der Waals surface area contributed by atoms with Crippen molar-refractivity contribution >= 4 is 11.0 Å². The predicted octanol–water partition coefficient (Wildman–Crippen LogP) is 3.79. The Kier molecular flexibility index (Phi) is 8.53. The molecule has 0 amide bonds. The molecule has 2 N–H and O–H groups in total. The number of fused-ring (bicyclic) bond motifs is 1. The van der Waals surface area contributed by atoms with Gasteiger partial charge < -0.3 is 29.0 Å². The second-order valence-electron chi connectivity index (χ2n) is 11.4. The molecule has 0 spiro atoms. The Labute approximate surface area is 219 Å². The number of aromatic nitrogens is 3. The van der Waals surface area contributed by atoms with Crippen molar-refractivity contribution in [2.24, 2.45) is 13.0 Å². The molecule has 0 saturated carbocycles. The van der Waals surface area contributed by atoms with Crippen molar-refractivity contribution in [3.05, 3.63) is 51.9 Å². The van der Waals surface area contributed by atoms with Crippen molar-refractivity contribution in [1.82, 2.24) is 19.4 Å². The Morgan fingerprint density at radius 2 is 1.97 bits per heavy atom. The van der Waals surface area contributed by atoms with E-state index in [2.05, 4.69) is 28.1 Å². The Morgan fingerprint density at radius 1 is 1.24 bits per heavy atom. The summed E-state index contributed by atoms with van der Waals surface area (Å²) < 4.78 is 15.4. The number of aliphatic hydroxyl groups excluding tert-OH is 1. The Hall–Kier alpha value is -2.52. The summed E-state index contributed by atoms with van der Waals surface area (Å²) >= 11 is 0. The van der Waals surface area contributed by atoms with Gasteiger partial charge in [-0.3, -0.25) is 4.79 Å². The van der Waals surface area contributed by atoms with E-state index in [0.717, 1.165) is 60.6 Å². The first-order valence-electron chi connectivity index (χ1n) is 13.3. The maximum absolute atomic E-state index is 12.3. The highest BCUT2D eigenvalue weighted by molar-refractivity contribution is 5.81. The minimum absolute atomic E-state index is 0.00677. The van der Waals surface area contributed by atoms with Gasteiger partial charge in [0.2, 0.25) is 0 Å². The van der Waals surface area contributed by atoms with Crippen LogP contribution in [0.2, 0.25) is 0 Å². The van der Waals surface area contributed by atoms with E-state index >= 15 is 0 Å². The number of aliphatic hydroxyl groups is 1. The SMILES string of the molecule is Cc1cc(-c2nc3cc(CN[C@H](COC(C)(C)C)[C@@H](C)O)ccc3n2CC2CCOCC2)cn(C)c1=O. The lowest BCUT2D eigenvalue weighted by atomic mass is 10.00. The van der Waals surface area contributed by atoms with Gasteiger partial charge in [-0.15, -0.1) is 0 Å². The molecular weight excluding hydrogens is 468 g/mol. The fraction of sp³-hybridized carbons (Fsp3) is 0.586. The van der Waals surface area contributed by atoms with Crippen molar-refractivity contribution in [2.75, 3.05) is 19.8 Å². The lowest BCUT2D eigenvalue weighted by Crippen LogP contribution is -2.43. The molecule has 8 heteroatoms. The van der Waals surface area contributed by atoms with E-state index in [1.54, 1.807) is 18.5 Å². The van der Waals surface area contributed by atoms with Gasteiger partial charge >= 0.3 is 0 Å². The van der Waals surface area contributed by atoms with Crippen molar-refractivity contribution in [1.29, 1.82) is 0 Å². The van der Waals surface area contributed by atoms with Crippen molar-refractivity contribution in [3.63, 3.8) is 0 Å². The molecule has 0 radical (unpaired) electrons. The number of imidazole rings is 1. The third kappa shape index (κ3) is 6.87. The van der Waals surface area contributed by atoms with E-state index in [1.807, 2.05) is 40.0 Å². The summed E-state index contributed by atoms with van der Waals surface area (Å²) in [6.45, 7) is 13.2. The number of benzene rings is 1. The summed E-state index contributed by atoms with van der Waals surface area (Å²) in [6.07, 6.45) is 3.40. The molecule has 2 aromatic heterocycles. The van der Waals surface area contributed by atoms with Crippen LogP contribution in [-0.4, -0.2) is 56.8 Å². The molecule has 0 aliphatic carbocycles. The van der Waals surface area contributed by atoms with Gasteiger partial charge in [0.05, 0.1) is 35.4 Å². The molecule has 202 valence electrons. The molecule has 37 heavy (non-hydrogen) atoms. The number of nitrogens with one attached hydrogen (secondary N) is 1. The van der Waals surface area contributed by atoms with E-state index < -0.39 is 6.10 Å². The average Bonchev–Trinajstić information content (AvgIpc) is 3.19. The Bertz CT molecular complexity index is 1240. The fourth-order valence-electron chi connectivity index (χ4n) is 4.84. The number of hydrogen-bond acceptors (Lipinski definition) is 6. The van der Waals surface area contributed by atoms with E-state index in [9.17, 15) is 9.90 Å². The molecule has 1 saturated heterocycles. The fourth-order valence-corrected chi connectivity index (χ4v) is 4.84. The second-order valence-corrected chi connectivity index (χ2v) is 11.4. The summed E-state index contributed by atoms with van der Waals surface area (Å²) in [5, 5.41) is 13.7. The molecule has 3 heterocycles. The maximum Gasteiger partial charge on any atom is 0.253 e. The standard InChI is InChI=1S/C29H42N4O4/c1-19-13-23(17-32(6)28(19)35)27-31-24-14-22(15-30-25(20(2)34)18-37-29(3,4)5)7-8-26(24)33(27)16-21-9-11-36-12-10-21/h7-8,13-14,17,20-21,25,30,34H,9-12,15-16,18H2,1-6H3/t20-,25-/m1/s1. The summed E-state index contributed by atoms with van der Waals surface area (Å²) in [4.78, 5) is 17.4. The molecule has 8 nitrogen and oxygen atoms in total. The number of ether oxygens (including phenoxy) is 2. The lowest BCUT2D eigenvalue weighted by molar-refractivity contribution is -0.0325. The van der Waals surface area contributed by atoms with Crippen LogP contribution >= 0.6 is 0 Å². The van der Waals surface area contributed by atoms with E-state index in [0.29, 0.717) is 24.6 Å². The zero-order chi connectivity index (χ0) is 26.7. The summed E-state index contributed by atoms with van der Waals surface area (Å²) in [5.41, 5.74) is 4.49. The zero-order valence-electron chi connectivity index (χ0n) is 23.1. The number of nitrogens with zero attached hydrogens (tertiary/aromatic N) is 3. The van der Waals surface area contributed by atoms with Gasteiger partial charge in [0.1, 0.15) is 5.82 Å². The van der Waals surface area contributed by atoms with Gasteiger partial charge in [-0.2, -0.15) is 0 Å². The van der Waals surface area contributed by atoms with Crippen LogP contribution < -0.4 is 10.9 Å². The molecule has 4 rings (SSSR count). The van der Waals surface area contributed by atoms with Crippen LogP contribution in [0.4, 0.5) is 0 Å². The van der Waals surface area contributed by atoms with Crippen molar-refractivity contribution < 1.29 is 14.6 Å². The molecule has 3 aromatic rings. The zero-order valence-corrected chi connectivity index (χ0v) is 23.1. The Morgan fingerprint density at radius 3 is 2.62 bits per heavy atom. The first kappa shape index (κ1) is 27.5. The minimum atomic E-state index is -0.538. The van der Waals surface area contributed by atoms with E-state index in [1.165, 1.54) is 0 Å². The molecule has 0 unspecified atom stereocenters. The highest BCUT2D eigenvalue weighted by atomic mass is 16.5. The van der Waals surface area contributed by atoms with Crippen LogP contribution in [-0.2, 0) is 29.6 Å². The van der Waals surface area contributed by atoms with Crippen LogP contribution in [0.5, 0.6) is 0 Å². The highest BCUT2D eigenvalue weighted by Crippen LogP contribution is 2.29. The number of rotatable bonds is 9. The van der Waals surface area contributed by atoms with Crippen LogP contribution in [0.25, 0.3) is 22.4 Å². The van der Waals surface area contributed by atoms with Crippen molar-refractivity contribution in [3.8, 4) is 11.4 Å². The first-order chi connectivity index (χ1) is 17.5. The van der Waals surface area contributed by atoms with Crippen molar-refractivity contribution in [2.45, 2.75) is 78.3 Å². The molecule has 1 aromatic carbocycles. The topological polar surface area (TPSA) is 90.5 Å². The first-order valence-corrected chi connectivity index (χ1v) is 13.3. The molecular formula is C29H42N4O4. The minimum Gasteiger partial charge on any atom is -0.392 e. The van der Waals surface area contributed by atoms with E-state index in [4.69, 9.17) is 14.5 Å². The van der Waals surface area contributed by atoms with Crippen LogP contribution in [0.15, 0.2) is 35.3 Å². The third-order valence-corrected chi connectivity index (χ3v) is 7.06. The summed E-state index contributed by atoms with van der Waals surface area (Å²) in [7, 11) is 1.79. The third-order valence-electron chi connectivity index (χ3n) is 7.06. The molecule has 1 aliphatic heterocycles. The van der Waals surface area contributed by atoms with Gasteiger partial charge in [0.25, 0.3) is 5.56 Å². The predicted molar refractivity (Wildman–Crippen MR) is 147 cm³/mol. The van der Waals surface area contributed by atoms with Crippen LogP contribution in [0.1, 0.15) is 51.7 Å².